The van der Waals surface area contributed by atoms with Crippen molar-refractivity contribution in [2.75, 3.05) is 5.73 Å². The van der Waals surface area contributed by atoms with Gasteiger partial charge in [0.25, 0.3) is 0 Å². The summed E-state index contributed by atoms with van der Waals surface area (Å²) in [7, 11) is 0. The van der Waals surface area contributed by atoms with E-state index in [1.165, 1.54) is 0 Å². The normalized spacial score (nSPS) is 10.6. The minimum atomic E-state index is 0.435. The molecule has 2 N–H and O–H groups in total. The summed E-state index contributed by atoms with van der Waals surface area (Å²) in [6.07, 6.45) is 0. The fourth-order valence-corrected chi connectivity index (χ4v) is 3.03. The zero-order valence-electron chi connectivity index (χ0n) is 13.6. The molecule has 0 saturated heterocycles. The molecule has 0 aliphatic rings. The molecule has 25 heavy (non-hydrogen) atoms. The van der Waals surface area contributed by atoms with Crippen LogP contribution in [0.4, 0.5) is 5.82 Å². The van der Waals surface area contributed by atoms with Gasteiger partial charge in [-0.05, 0) is 11.1 Å². The lowest BCUT2D eigenvalue weighted by Gasteiger charge is -2.16. The predicted molar refractivity (Wildman–Crippen MR) is 103 cm³/mol. The second-order valence-electron chi connectivity index (χ2n) is 5.78. The van der Waals surface area contributed by atoms with Crippen molar-refractivity contribution in [2.45, 2.75) is 0 Å². The largest absolute Gasteiger partial charge is 0.382 e. The van der Waals surface area contributed by atoms with Crippen LogP contribution in [0, 0.1) is 0 Å². The zero-order chi connectivity index (χ0) is 17.1. The van der Waals surface area contributed by atoms with Crippen molar-refractivity contribution in [2.24, 2.45) is 0 Å². The van der Waals surface area contributed by atoms with E-state index in [2.05, 4.69) is 34.5 Å². The first-order valence-corrected chi connectivity index (χ1v) is 8.17. The highest BCUT2D eigenvalue weighted by atomic mass is 15.1. The molecule has 0 aliphatic carbocycles. The van der Waals surface area contributed by atoms with Crippen LogP contribution in [0.1, 0.15) is 0 Å². The average molecular weight is 323 g/mol. The molecule has 4 rings (SSSR count). The first kappa shape index (κ1) is 15.1. The van der Waals surface area contributed by atoms with E-state index in [1.54, 1.807) is 0 Å². The third-order valence-corrected chi connectivity index (χ3v) is 4.17. The predicted octanol–water partition coefficient (Wildman–Crippen LogP) is 5.06. The quantitative estimate of drug-likeness (QED) is 0.573. The zero-order valence-corrected chi connectivity index (χ0v) is 13.6. The van der Waals surface area contributed by atoms with Crippen LogP contribution in [0.5, 0.6) is 0 Å². The maximum atomic E-state index is 6.26. The van der Waals surface area contributed by atoms with Gasteiger partial charge in [0.15, 0.2) is 5.82 Å². The fraction of sp³-hybridized carbons (Fsp3) is 0. The Kier molecular flexibility index (Phi) is 3.97. The third-order valence-electron chi connectivity index (χ3n) is 4.17. The fourth-order valence-electron chi connectivity index (χ4n) is 3.03. The number of nitrogen functional groups attached to an aromatic ring is 1. The van der Waals surface area contributed by atoms with Crippen LogP contribution in [-0.2, 0) is 0 Å². The number of anilines is 1. The molecule has 0 radical (unpaired) electrons. The first-order valence-electron chi connectivity index (χ1n) is 8.17. The van der Waals surface area contributed by atoms with Gasteiger partial charge in [-0.3, -0.25) is 0 Å². The Hall–Kier alpha value is -3.46. The Balaban J connectivity index is 2.08. The Morgan fingerprint density at radius 3 is 1.44 bits per heavy atom. The summed E-state index contributed by atoms with van der Waals surface area (Å²) < 4.78 is 0. The van der Waals surface area contributed by atoms with E-state index in [0.29, 0.717) is 5.82 Å². The van der Waals surface area contributed by atoms with Gasteiger partial charge in [0.05, 0.1) is 0 Å². The Bertz CT molecular complexity index is 982. The molecule has 0 atom stereocenters. The van der Waals surface area contributed by atoms with Crippen LogP contribution in [0.3, 0.4) is 0 Å². The highest BCUT2D eigenvalue weighted by Gasteiger charge is 2.19. The van der Waals surface area contributed by atoms with Crippen molar-refractivity contribution in [1.29, 1.82) is 0 Å². The van der Waals surface area contributed by atoms with Gasteiger partial charge in [0.2, 0.25) is 0 Å². The monoisotopic (exact) mass is 323 g/mol. The number of nitrogens with two attached hydrogens (primary N) is 1. The number of nitrogens with zero attached hydrogens (tertiary/aromatic N) is 2. The maximum absolute atomic E-state index is 6.26. The summed E-state index contributed by atoms with van der Waals surface area (Å²) in [5.74, 6) is 0.435. The van der Waals surface area contributed by atoms with Gasteiger partial charge in [0, 0.05) is 16.7 Å². The lowest BCUT2D eigenvalue weighted by molar-refractivity contribution is 1.05. The van der Waals surface area contributed by atoms with Crippen molar-refractivity contribution in [3.63, 3.8) is 0 Å². The highest BCUT2D eigenvalue weighted by molar-refractivity contribution is 5.96. The smallest absolute Gasteiger partial charge is 0.154 e. The van der Waals surface area contributed by atoms with Gasteiger partial charge in [-0.2, -0.15) is 0 Å². The van der Waals surface area contributed by atoms with E-state index in [0.717, 1.165) is 33.5 Å². The van der Waals surface area contributed by atoms with Crippen molar-refractivity contribution < 1.29 is 0 Å². The highest BCUT2D eigenvalue weighted by Crippen LogP contribution is 2.40. The molecular formula is C22H17N3. The summed E-state index contributed by atoms with van der Waals surface area (Å²) in [5, 5.41) is 8.68. The molecule has 3 heteroatoms. The van der Waals surface area contributed by atoms with Crippen molar-refractivity contribution in [3.05, 3.63) is 91.0 Å². The lowest BCUT2D eigenvalue weighted by atomic mass is 9.91. The van der Waals surface area contributed by atoms with Crippen LogP contribution in [0.25, 0.3) is 33.5 Å². The Morgan fingerprint density at radius 2 is 0.920 bits per heavy atom. The van der Waals surface area contributed by atoms with Crippen LogP contribution in [0.15, 0.2) is 91.0 Å². The summed E-state index contributed by atoms with van der Waals surface area (Å²) in [6, 6.07) is 30.4. The van der Waals surface area contributed by atoms with E-state index in [-0.39, 0.29) is 0 Å². The number of hydrogen-bond acceptors (Lipinski definition) is 3. The van der Waals surface area contributed by atoms with E-state index in [1.807, 2.05) is 66.7 Å². The molecule has 0 fully saturated rings. The van der Waals surface area contributed by atoms with Gasteiger partial charge in [0.1, 0.15) is 5.69 Å². The second-order valence-corrected chi connectivity index (χ2v) is 5.78. The topological polar surface area (TPSA) is 51.8 Å². The second kappa shape index (κ2) is 6.57. The summed E-state index contributed by atoms with van der Waals surface area (Å²) in [4.78, 5) is 0. The van der Waals surface area contributed by atoms with Gasteiger partial charge in [-0.15, -0.1) is 10.2 Å². The van der Waals surface area contributed by atoms with E-state index >= 15 is 0 Å². The lowest BCUT2D eigenvalue weighted by Crippen LogP contribution is -2.02. The van der Waals surface area contributed by atoms with Crippen molar-refractivity contribution in [3.8, 4) is 33.5 Å². The van der Waals surface area contributed by atoms with Crippen LogP contribution >= 0.6 is 0 Å². The minimum Gasteiger partial charge on any atom is -0.382 e. The molecule has 0 aliphatic heterocycles. The van der Waals surface area contributed by atoms with Crippen molar-refractivity contribution >= 4 is 5.82 Å². The summed E-state index contributed by atoms with van der Waals surface area (Å²) in [5.41, 5.74) is 12.1. The SMILES string of the molecule is Nc1nnc(-c2ccccc2)c(-c2ccccc2)c1-c1ccccc1. The van der Waals surface area contributed by atoms with Gasteiger partial charge in [-0.25, -0.2) is 0 Å². The molecule has 1 heterocycles. The molecule has 0 bridgehead atoms. The molecular weight excluding hydrogens is 306 g/mol. The van der Waals surface area contributed by atoms with Gasteiger partial charge >= 0.3 is 0 Å². The van der Waals surface area contributed by atoms with E-state index in [9.17, 15) is 0 Å². The number of aromatic nitrogens is 2. The van der Waals surface area contributed by atoms with Gasteiger partial charge < -0.3 is 5.73 Å². The molecule has 0 spiro atoms. The molecule has 1 aromatic heterocycles. The molecule has 3 aromatic carbocycles. The molecule has 4 aromatic rings. The van der Waals surface area contributed by atoms with Crippen LogP contribution in [0.2, 0.25) is 0 Å². The van der Waals surface area contributed by atoms with Gasteiger partial charge in [-0.1, -0.05) is 91.0 Å². The number of rotatable bonds is 3. The molecule has 120 valence electrons. The van der Waals surface area contributed by atoms with Crippen molar-refractivity contribution in [1.82, 2.24) is 10.2 Å². The molecule has 0 saturated carbocycles. The minimum absolute atomic E-state index is 0.435. The standard InChI is InChI=1S/C22H17N3/c23-22-20(17-12-6-2-7-13-17)19(16-10-4-1-5-11-16)21(24-25-22)18-14-8-3-9-15-18/h1-15H,(H2,23,25). The average Bonchev–Trinajstić information content (AvgIpc) is 2.70. The Labute approximate surface area is 146 Å². The van der Waals surface area contributed by atoms with E-state index in [4.69, 9.17) is 5.73 Å². The van der Waals surface area contributed by atoms with E-state index < -0.39 is 0 Å². The Morgan fingerprint density at radius 1 is 0.480 bits per heavy atom. The number of hydrogen-bond donors (Lipinski definition) is 1. The maximum Gasteiger partial charge on any atom is 0.154 e. The van der Waals surface area contributed by atoms with Crippen LogP contribution in [-0.4, -0.2) is 10.2 Å². The number of benzene rings is 3. The first-order chi connectivity index (χ1) is 12.3. The molecule has 3 nitrogen and oxygen atoms in total. The summed E-state index contributed by atoms with van der Waals surface area (Å²) >= 11 is 0. The third kappa shape index (κ3) is 2.88. The molecule has 0 amide bonds. The molecule has 0 unspecified atom stereocenters. The summed E-state index contributed by atoms with van der Waals surface area (Å²) in [6.45, 7) is 0. The van der Waals surface area contributed by atoms with Crippen LogP contribution < -0.4 is 5.73 Å².